The number of hydrogen-bond acceptors (Lipinski definition) is 6. The van der Waals surface area contributed by atoms with Gasteiger partial charge in [-0.25, -0.2) is 4.68 Å². The van der Waals surface area contributed by atoms with Crippen LogP contribution in [0.1, 0.15) is 40.2 Å². The number of fused-ring (bicyclic) bond motifs is 2. The predicted octanol–water partition coefficient (Wildman–Crippen LogP) is 3.96. The lowest BCUT2D eigenvalue weighted by atomic mass is 10.0. The van der Waals surface area contributed by atoms with Gasteiger partial charge in [-0.05, 0) is 43.2 Å². The van der Waals surface area contributed by atoms with Gasteiger partial charge >= 0.3 is 0 Å². The molecule has 1 amide bonds. The van der Waals surface area contributed by atoms with E-state index in [4.69, 9.17) is 19.3 Å². The number of amides is 1. The lowest BCUT2D eigenvalue weighted by Gasteiger charge is -2.28. The van der Waals surface area contributed by atoms with Crippen molar-refractivity contribution >= 4 is 5.91 Å². The second-order valence-electron chi connectivity index (χ2n) is 9.46. The zero-order valence-corrected chi connectivity index (χ0v) is 20.5. The van der Waals surface area contributed by atoms with Crippen molar-refractivity contribution in [1.29, 1.82) is 0 Å². The highest BCUT2D eigenvalue weighted by atomic mass is 16.7. The fraction of sp³-hybridized carbons (Fsp3) is 0.357. The molecule has 186 valence electrons. The van der Waals surface area contributed by atoms with Gasteiger partial charge < -0.3 is 19.1 Å². The molecule has 3 aromatic rings. The van der Waals surface area contributed by atoms with E-state index in [0.717, 1.165) is 56.0 Å². The minimum absolute atomic E-state index is 0.00449. The first-order valence-electron chi connectivity index (χ1n) is 12.4. The number of benzene rings is 2. The summed E-state index contributed by atoms with van der Waals surface area (Å²) in [5, 5.41) is 5.09. The van der Waals surface area contributed by atoms with E-state index in [9.17, 15) is 4.79 Å². The van der Waals surface area contributed by atoms with Gasteiger partial charge in [-0.1, -0.05) is 18.2 Å². The number of rotatable bonds is 8. The lowest BCUT2D eigenvalue weighted by Crippen LogP contribution is -2.34. The summed E-state index contributed by atoms with van der Waals surface area (Å²) in [5.41, 5.74) is 4.84. The fourth-order valence-electron chi connectivity index (χ4n) is 5.12. The van der Waals surface area contributed by atoms with E-state index in [0.29, 0.717) is 23.6 Å². The molecular weight excluding hydrogens is 456 g/mol. The van der Waals surface area contributed by atoms with E-state index < -0.39 is 0 Å². The number of ether oxygens (including phenoxy) is 3. The minimum Gasteiger partial charge on any atom is -0.494 e. The summed E-state index contributed by atoms with van der Waals surface area (Å²) in [6.45, 7) is 7.10. The van der Waals surface area contributed by atoms with Crippen LogP contribution in [0.5, 0.6) is 17.2 Å². The normalized spacial score (nSPS) is 16.5. The van der Waals surface area contributed by atoms with Gasteiger partial charge in [0.15, 0.2) is 11.5 Å². The SMILES string of the molecule is C=CCN1CCc2c(c(CN(C(=O)c3ccc4c(c3)OCO4)C3CC3)nn2-c2ccccc2OC)C1. The van der Waals surface area contributed by atoms with E-state index in [1.807, 2.05) is 52.1 Å². The molecule has 1 fully saturated rings. The lowest BCUT2D eigenvalue weighted by molar-refractivity contribution is 0.0726. The summed E-state index contributed by atoms with van der Waals surface area (Å²) in [7, 11) is 1.68. The first-order valence-corrected chi connectivity index (χ1v) is 12.4. The molecule has 0 unspecified atom stereocenters. The van der Waals surface area contributed by atoms with Crippen molar-refractivity contribution in [2.45, 2.75) is 38.4 Å². The third kappa shape index (κ3) is 4.11. The Morgan fingerprint density at radius 1 is 1.22 bits per heavy atom. The Labute approximate surface area is 210 Å². The third-order valence-corrected chi connectivity index (χ3v) is 7.11. The van der Waals surface area contributed by atoms with E-state index in [2.05, 4.69) is 11.5 Å². The number of methoxy groups -OCH3 is 1. The van der Waals surface area contributed by atoms with Gasteiger partial charge in [-0.3, -0.25) is 9.69 Å². The molecule has 2 aromatic carbocycles. The predicted molar refractivity (Wildman–Crippen MR) is 135 cm³/mol. The summed E-state index contributed by atoms with van der Waals surface area (Å²) in [6, 6.07) is 13.6. The van der Waals surface area contributed by atoms with Crippen molar-refractivity contribution < 1.29 is 19.0 Å². The van der Waals surface area contributed by atoms with Crippen LogP contribution in [0.4, 0.5) is 0 Å². The number of nitrogens with zero attached hydrogens (tertiary/aromatic N) is 4. The molecule has 1 saturated carbocycles. The molecule has 8 heteroatoms. The van der Waals surface area contributed by atoms with Gasteiger partial charge in [0.1, 0.15) is 11.4 Å². The van der Waals surface area contributed by atoms with Crippen molar-refractivity contribution in [3.05, 3.63) is 77.6 Å². The van der Waals surface area contributed by atoms with Gasteiger partial charge in [0.05, 0.1) is 25.0 Å². The topological polar surface area (TPSA) is 69.1 Å². The Bertz CT molecular complexity index is 1310. The van der Waals surface area contributed by atoms with Gasteiger partial charge in [0.2, 0.25) is 6.79 Å². The summed E-state index contributed by atoms with van der Waals surface area (Å²) in [4.78, 5) is 18.0. The van der Waals surface area contributed by atoms with Gasteiger partial charge in [-0.15, -0.1) is 6.58 Å². The molecular formula is C28H30N4O4. The van der Waals surface area contributed by atoms with E-state index >= 15 is 0 Å². The standard InChI is InChI=1S/C28H30N4O4/c1-3-13-30-14-12-23-21(16-30)22(29-32(23)24-6-4-5-7-25(24)34-2)17-31(20-9-10-20)28(33)19-8-11-26-27(15-19)36-18-35-26/h3-8,11,15,20H,1,9-10,12-14,16-18H2,2H3. The average Bonchev–Trinajstić information content (AvgIpc) is 3.53. The molecule has 3 heterocycles. The highest BCUT2D eigenvalue weighted by molar-refractivity contribution is 5.95. The molecule has 0 bridgehead atoms. The van der Waals surface area contributed by atoms with Crippen LogP contribution in [0.3, 0.4) is 0 Å². The van der Waals surface area contributed by atoms with Crippen LogP contribution < -0.4 is 14.2 Å². The van der Waals surface area contributed by atoms with Gasteiger partial charge in [0, 0.05) is 43.2 Å². The minimum atomic E-state index is -0.00449. The zero-order chi connectivity index (χ0) is 24.6. The molecule has 1 aromatic heterocycles. The van der Waals surface area contributed by atoms with Gasteiger partial charge in [-0.2, -0.15) is 5.10 Å². The maximum Gasteiger partial charge on any atom is 0.254 e. The van der Waals surface area contributed by atoms with Crippen molar-refractivity contribution in [2.75, 3.05) is 27.0 Å². The Hall–Kier alpha value is -3.78. The number of carbonyl (C=O) groups is 1. The molecule has 6 rings (SSSR count). The number of aromatic nitrogens is 2. The number of hydrogen-bond donors (Lipinski definition) is 0. The molecule has 3 aliphatic rings. The number of para-hydroxylation sites is 2. The molecule has 0 saturated heterocycles. The molecule has 36 heavy (non-hydrogen) atoms. The molecule has 1 aliphatic carbocycles. The van der Waals surface area contributed by atoms with Crippen LogP contribution in [0.25, 0.3) is 5.69 Å². The maximum atomic E-state index is 13.7. The largest absolute Gasteiger partial charge is 0.494 e. The van der Waals surface area contributed by atoms with E-state index in [1.54, 1.807) is 13.2 Å². The highest BCUT2D eigenvalue weighted by Crippen LogP contribution is 2.36. The van der Waals surface area contributed by atoms with Crippen LogP contribution in [-0.4, -0.2) is 58.5 Å². The van der Waals surface area contributed by atoms with Gasteiger partial charge in [0.25, 0.3) is 5.91 Å². The molecule has 0 radical (unpaired) electrons. The summed E-state index contributed by atoms with van der Waals surface area (Å²) in [5.74, 6) is 2.07. The summed E-state index contributed by atoms with van der Waals surface area (Å²) < 4.78 is 18.6. The molecule has 0 N–H and O–H groups in total. The van der Waals surface area contributed by atoms with Crippen LogP contribution >= 0.6 is 0 Å². The monoisotopic (exact) mass is 486 g/mol. The highest BCUT2D eigenvalue weighted by Gasteiger charge is 2.36. The van der Waals surface area contributed by atoms with Crippen molar-refractivity contribution in [3.63, 3.8) is 0 Å². The summed E-state index contributed by atoms with van der Waals surface area (Å²) in [6.07, 6.45) is 4.82. The van der Waals surface area contributed by atoms with Crippen LogP contribution in [0.2, 0.25) is 0 Å². The molecule has 8 nitrogen and oxygen atoms in total. The molecule has 2 aliphatic heterocycles. The van der Waals surface area contributed by atoms with Crippen LogP contribution in [-0.2, 0) is 19.5 Å². The molecule has 0 atom stereocenters. The first kappa shape index (κ1) is 22.7. The quantitative estimate of drug-likeness (QED) is 0.449. The number of carbonyl (C=O) groups excluding carboxylic acids is 1. The Kier molecular flexibility index (Phi) is 5.89. The Morgan fingerprint density at radius 2 is 2.06 bits per heavy atom. The van der Waals surface area contributed by atoms with Crippen molar-refractivity contribution in [2.24, 2.45) is 0 Å². The summed E-state index contributed by atoms with van der Waals surface area (Å²) >= 11 is 0. The third-order valence-electron chi connectivity index (χ3n) is 7.11. The maximum absolute atomic E-state index is 13.7. The van der Waals surface area contributed by atoms with E-state index in [1.165, 1.54) is 11.3 Å². The second kappa shape index (κ2) is 9.35. The first-order chi connectivity index (χ1) is 17.7. The smallest absolute Gasteiger partial charge is 0.254 e. The fourth-order valence-corrected chi connectivity index (χ4v) is 5.12. The zero-order valence-electron chi connectivity index (χ0n) is 20.5. The second-order valence-corrected chi connectivity index (χ2v) is 9.46. The Balaban J connectivity index is 1.37. The van der Waals surface area contributed by atoms with Crippen LogP contribution in [0, 0.1) is 0 Å². The van der Waals surface area contributed by atoms with Crippen molar-refractivity contribution in [3.8, 4) is 22.9 Å². The average molecular weight is 487 g/mol. The van der Waals surface area contributed by atoms with E-state index in [-0.39, 0.29) is 18.7 Å². The van der Waals surface area contributed by atoms with Crippen molar-refractivity contribution in [1.82, 2.24) is 19.6 Å². The molecule has 0 spiro atoms. The Morgan fingerprint density at radius 3 is 2.86 bits per heavy atom. The van der Waals surface area contributed by atoms with Crippen LogP contribution in [0.15, 0.2) is 55.1 Å².